The molecular weight excluding hydrogens is 200 g/mol. The molecule has 3 N–H and O–H groups in total. The first-order chi connectivity index (χ1) is 7.66. The molecule has 1 heterocycles. The Balaban J connectivity index is 2.18. The van der Waals surface area contributed by atoms with E-state index in [9.17, 15) is 5.11 Å². The summed E-state index contributed by atoms with van der Waals surface area (Å²) in [6.45, 7) is 2.14. The second kappa shape index (κ2) is 4.85. The van der Waals surface area contributed by atoms with Crippen molar-refractivity contribution in [2.75, 3.05) is 20.1 Å². The molecule has 1 saturated heterocycles. The van der Waals surface area contributed by atoms with Gasteiger partial charge in [0.15, 0.2) is 0 Å². The maximum atomic E-state index is 9.50. The highest BCUT2D eigenvalue weighted by atomic mass is 16.3. The molecule has 0 aromatic heterocycles. The van der Waals surface area contributed by atoms with E-state index in [4.69, 9.17) is 5.73 Å². The molecule has 1 aliphatic rings. The first-order valence-electron chi connectivity index (χ1n) is 5.90. The van der Waals surface area contributed by atoms with Crippen LogP contribution in [0, 0.1) is 0 Å². The molecule has 88 valence electrons. The Morgan fingerprint density at radius 2 is 2.06 bits per heavy atom. The Labute approximate surface area is 96.9 Å². The van der Waals surface area contributed by atoms with E-state index in [0.29, 0.717) is 11.7 Å². The summed E-state index contributed by atoms with van der Waals surface area (Å²) in [6, 6.07) is 7.71. The molecule has 0 amide bonds. The Bertz CT molecular complexity index is 354. The average Bonchev–Trinajstić information content (AvgIpc) is 2.42. The summed E-state index contributed by atoms with van der Waals surface area (Å²) in [5, 5.41) is 9.50. The van der Waals surface area contributed by atoms with E-state index in [1.165, 1.54) is 5.56 Å². The van der Waals surface area contributed by atoms with E-state index in [1.807, 2.05) is 12.1 Å². The van der Waals surface area contributed by atoms with Gasteiger partial charge in [-0.05, 0) is 50.7 Å². The van der Waals surface area contributed by atoms with Crippen molar-refractivity contribution in [1.29, 1.82) is 0 Å². The number of aromatic hydroxyl groups is 1. The minimum absolute atomic E-state index is 0.201. The highest BCUT2D eigenvalue weighted by Crippen LogP contribution is 2.28. The van der Waals surface area contributed by atoms with Crippen LogP contribution in [0.3, 0.4) is 0 Å². The molecule has 1 aromatic rings. The Hall–Kier alpha value is -1.06. The molecule has 0 radical (unpaired) electrons. The zero-order valence-corrected chi connectivity index (χ0v) is 9.76. The molecule has 2 atom stereocenters. The zero-order chi connectivity index (χ0) is 11.5. The smallest absolute Gasteiger partial charge is 0.115 e. The first kappa shape index (κ1) is 11.4. The third-order valence-electron chi connectivity index (χ3n) is 3.48. The monoisotopic (exact) mass is 220 g/mol. The van der Waals surface area contributed by atoms with Gasteiger partial charge in [0, 0.05) is 12.0 Å². The van der Waals surface area contributed by atoms with Gasteiger partial charge in [-0.15, -0.1) is 0 Å². The fraction of sp³-hybridized carbons (Fsp3) is 0.538. The number of likely N-dealkylation sites (tertiary alicyclic amines) is 1. The predicted octanol–water partition coefficient (Wildman–Crippen LogP) is 1.53. The van der Waals surface area contributed by atoms with Gasteiger partial charge in [-0.3, -0.25) is 0 Å². The minimum atomic E-state index is 0.201. The van der Waals surface area contributed by atoms with Gasteiger partial charge in [0.2, 0.25) is 0 Å². The summed E-state index contributed by atoms with van der Waals surface area (Å²) in [5.74, 6) is 0.708. The van der Waals surface area contributed by atoms with Crippen LogP contribution < -0.4 is 5.73 Å². The largest absolute Gasteiger partial charge is 0.508 e. The van der Waals surface area contributed by atoms with Crippen LogP contribution in [0.25, 0.3) is 0 Å². The SMILES string of the molecule is CN1CCC(N)C(c2cccc(O)c2)CC1. The van der Waals surface area contributed by atoms with Gasteiger partial charge >= 0.3 is 0 Å². The number of nitrogens with zero attached hydrogens (tertiary/aromatic N) is 1. The lowest BCUT2D eigenvalue weighted by molar-refractivity contribution is 0.346. The molecule has 1 aromatic carbocycles. The lowest BCUT2D eigenvalue weighted by atomic mass is 9.88. The molecule has 3 nitrogen and oxygen atoms in total. The molecule has 3 heteroatoms. The molecule has 0 bridgehead atoms. The van der Waals surface area contributed by atoms with Crippen LogP contribution in [0.4, 0.5) is 0 Å². The van der Waals surface area contributed by atoms with Crippen molar-refractivity contribution in [2.45, 2.75) is 24.8 Å². The van der Waals surface area contributed by atoms with Gasteiger partial charge in [-0.2, -0.15) is 0 Å². The summed E-state index contributed by atoms with van der Waals surface area (Å²) in [5.41, 5.74) is 7.38. The predicted molar refractivity (Wildman–Crippen MR) is 65.6 cm³/mol. The van der Waals surface area contributed by atoms with Crippen molar-refractivity contribution < 1.29 is 5.11 Å². The topological polar surface area (TPSA) is 49.5 Å². The van der Waals surface area contributed by atoms with E-state index in [2.05, 4.69) is 18.0 Å². The van der Waals surface area contributed by atoms with Gasteiger partial charge < -0.3 is 15.7 Å². The second-order valence-electron chi connectivity index (χ2n) is 4.75. The van der Waals surface area contributed by atoms with Crippen LogP contribution in [0.1, 0.15) is 24.3 Å². The maximum Gasteiger partial charge on any atom is 0.115 e. The van der Waals surface area contributed by atoms with Crippen molar-refractivity contribution in [3.05, 3.63) is 29.8 Å². The molecule has 2 rings (SSSR count). The van der Waals surface area contributed by atoms with Crippen molar-refractivity contribution in [2.24, 2.45) is 5.73 Å². The van der Waals surface area contributed by atoms with Crippen molar-refractivity contribution in [3.8, 4) is 5.75 Å². The first-order valence-corrected chi connectivity index (χ1v) is 5.90. The van der Waals surface area contributed by atoms with E-state index >= 15 is 0 Å². The zero-order valence-electron chi connectivity index (χ0n) is 9.76. The van der Waals surface area contributed by atoms with Crippen molar-refractivity contribution in [1.82, 2.24) is 4.90 Å². The summed E-state index contributed by atoms with van der Waals surface area (Å²) >= 11 is 0. The fourth-order valence-electron chi connectivity index (χ4n) is 2.43. The standard InChI is InChI=1S/C13H20N2O/c1-15-7-5-12(13(14)6-8-15)10-3-2-4-11(16)9-10/h2-4,9,12-13,16H,5-8,14H2,1H3. The Kier molecular flexibility index (Phi) is 3.46. The van der Waals surface area contributed by atoms with Gasteiger partial charge in [-0.25, -0.2) is 0 Å². The summed E-state index contributed by atoms with van der Waals surface area (Å²) in [7, 11) is 2.14. The van der Waals surface area contributed by atoms with Crippen molar-refractivity contribution in [3.63, 3.8) is 0 Å². The van der Waals surface area contributed by atoms with Gasteiger partial charge in [0.05, 0.1) is 0 Å². The number of benzene rings is 1. The average molecular weight is 220 g/mol. The number of hydrogen-bond donors (Lipinski definition) is 2. The van der Waals surface area contributed by atoms with Gasteiger partial charge in [0.25, 0.3) is 0 Å². The molecular formula is C13H20N2O. The number of phenols is 1. The summed E-state index contributed by atoms with van der Waals surface area (Å²) in [6.07, 6.45) is 2.10. The van der Waals surface area contributed by atoms with E-state index in [1.54, 1.807) is 6.07 Å². The Morgan fingerprint density at radius 3 is 2.81 bits per heavy atom. The van der Waals surface area contributed by atoms with E-state index in [-0.39, 0.29) is 6.04 Å². The molecule has 1 fully saturated rings. The maximum absolute atomic E-state index is 9.50. The van der Waals surface area contributed by atoms with Crippen molar-refractivity contribution >= 4 is 0 Å². The number of rotatable bonds is 1. The molecule has 2 unspecified atom stereocenters. The number of hydrogen-bond acceptors (Lipinski definition) is 3. The number of phenolic OH excluding ortho intramolecular Hbond substituents is 1. The second-order valence-corrected chi connectivity index (χ2v) is 4.75. The third kappa shape index (κ3) is 2.54. The van der Waals surface area contributed by atoms with Crippen LogP contribution in [0.15, 0.2) is 24.3 Å². The minimum Gasteiger partial charge on any atom is -0.508 e. The van der Waals surface area contributed by atoms with Crippen LogP contribution in [-0.4, -0.2) is 36.2 Å². The highest BCUT2D eigenvalue weighted by molar-refractivity contribution is 5.30. The van der Waals surface area contributed by atoms with Crippen LogP contribution in [-0.2, 0) is 0 Å². The molecule has 0 spiro atoms. The van der Waals surface area contributed by atoms with E-state index in [0.717, 1.165) is 25.9 Å². The molecule has 0 saturated carbocycles. The Morgan fingerprint density at radius 1 is 1.31 bits per heavy atom. The third-order valence-corrected chi connectivity index (χ3v) is 3.48. The van der Waals surface area contributed by atoms with Gasteiger partial charge in [0.1, 0.15) is 5.75 Å². The lowest BCUT2D eigenvalue weighted by Gasteiger charge is -2.21. The number of nitrogens with two attached hydrogens (primary N) is 1. The van der Waals surface area contributed by atoms with Crippen LogP contribution in [0.5, 0.6) is 5.75 Å². The quantitative estimate of drug-likeness (QED) is 0.754. The molecule has 16 heavy (non-hydrogen) atoms. The fourth-order valence-corrected chi connectivity index (χ4v) is 2.43. The molecule has 1 aliphatic heterocycles. The summed E-state index contributed by atoms with van der Waals surface area (Å²) in [4.78, 5) is 2.32. The highest BCUT2D eigenvalue weighted by Gasteiger charge is 2.23. The van der Waals surface area contributed by atoms with Crippen LogP contribution >= 0.6 is 0 Å². The van der Waals surface area contributed by atoms with Gasteiger partial charge in [-0.1, -0.05) is 12.1 Å². The van der Waals surface area contributed by atoms with Crippen LogP contribution in [0.2, 0.25) is 0 Å². The normalized spacial score (nSPS) is 27.6. The summed E-state index contributed by atoms with van der Waals surface area (Å²) < 4.78 is 0. The lowest BCUT2D eigenvalue weighted by Crippen LogP contribution is -2.28. The molecule has 0 aliphatic carbocycles. The van der Waals surface area contributed by atoms with E-state index < -0.39 is 0 Å².